The Morgan fingerprint density at radius 2 is 2.23 bits per heavy atom. The van der Waals surface area contributed by atoms with Crippen LogP contribution in [0.3, 0.4) is 0 Å². The van der Waals surface area contributed by atoms with Crippen molar-refractivity contribution in [2.24, 2.45) is 0 Å². The Kier molecular flexibility index (Phi) is 1.56. The highest BCUT2D eigenvalue weighted by Crippen LogP contribution is 2.15. The van der Waals surface area contributed by atoms with Crippen LogP contribution in [0.15, 0.2) is 24.4 Å². The molecule has 0 unspecified atom stereocenters. The minimum absolute atomic E-state index is 0.0682. The molecule has 64 valence electrons. The fourth-order valence-electron chi connectivity index (χ4n) is 1.35. The van der Waals surface area contributed by atoms with Crippen molar-refractivity contribution in [3.8, 4) is 6.07 Å². The van der Waals surface area contributed by atoms with Crippen molar-refractivity contribution in [2.45, 2.75) is 6.92 Å². The van der Waals surface area contributed by atoms with Gasteiger partial charge in [-0.1, -0.05) is 6.07 Å². The first-order chi connectivity index (χ1) is 6.22. The lowest BCUT2D eigenvalue weighted by atomic mass is 10.3. The molecule has 2 nitrogen and oxygen atoms in total. The number of pyridine rings is 1. The largest absolute Gasteiger partial charge is 0.306 e. The third-order valence-corrected chi connectivity index (χ3v) is 1.98. The molecule has 0 saturated carbocycles. The summed E-state index contributed by atoms with van der Waals surface area (Å²) in [7, 11) is 0. The van der Waals surface area contributed by atoms with Crippen LogP contribution in [0, 0.1) is 24.1 Å². The van der Waals surface area contributed by atoms with Crippen molar-refractivity contribution in [3.63, 3.8) is 0 Å². The molecule has 0 radical (unpaired) electrons. The first-order valence-corrected chi connectivity index (χ1v) is 3.89. The third kappa shape index (κ3) is 1.07. The number of rotatable bonds is 0. The molecule has 0 aliphatic heterocycles. The number of aryl methyl sites for hydroxylation is 1. The molecule has 0 aromatic carbocycles. The summed E-state index contributed by atoms with van der Waals surface area (Å²) in [5, 5.41) is 8.69. The minimum Gasteiger partial charge on any atom is -0.306 e. The molecule has 0 aliphatic carbocycles. The average molecular weight is 174 g/mol. The summed E-state index contributed by atoms with van der Waals surface area (Å²) in [4.78, 5) is 0. The van der Waals surface area contributed by atoms with Gasteiger partial charge in [0.05, 0.1) is 0 Å². The van der Waals surface area contributed by atoms with Gasteiger partial charge in [-0.2, -0.15) is 5.26 Å². The van der Waals surface area contributed by atoms with Gasteiger partial charge in [-0.25, -0.2) is 4.39 Å². The van der Waals surface area contributed by atoms with Gasteiger partial charge in [0, 0.05) is 17.8 Å². The molecular weight excluding hydrogens is 167 g/mol. The van der Waals surface area contributed by atoms with Gasteiger partial charge in [0.15, 0.2) is 11.5 Å². The molecule has 2 aromatic rings. The Balaban J connectivity index is 2.91. The van der Waals surface area contributed by atoms with Crippen molar-refractivity contribution in [1.82, 2.24) is 4.40 Å². The second kappa shape index (κ2) is 2.60. The van der Waals surface area contributed by atoms with E-state index in [1.807, 2.05) is 19.1 Å². The summed E-state index contributed by atoms with van der Waals surface area (Å²) in [6.45, 7) is 1.90. The molecule has 0 aliphatic rings. The first kappa shape index (κ1) is 7.81. The normalized spacial score (nSPS) is 10.2. The lowest BCUT2D eigenvalue weighted by Crippen LogP contribution is -1.89. The fourth-order valence-corrected chi connectivity index (χ4v) is 1.35. The Hall–Kier alpha value is -1.82. The summed E-state index contributed by atoms with van der Waals surface area (Å²) >= 11 is 0. The number of nitriles is 1. The Morgan fingerprint density at radius 1 is 1.46 bits per heavy atom. The standard InChI is InChI=1S/C10H7FN2/c1-7-2-3-8-4-9(11)10(5-12)13(8)6-7/h2-4,6H,1H3. The quantitative estimate of drug-likeness (QED) is 0.602. The van der Waals surface area contributed by atoms with Crippen LogP contribution in [0.5, 0.6) is 0 Å². The van der Waals surface area contributed by atoms with Crippen molar-refractivity contribution < 1.29 is 4.39 Å². The Labute approximate surface area is 74.8 Å². The van der Waals surface area contributed by atoms with Gasteiger partial charge in [0.25, 0.3) is 0 Å². The van der Waals surface area contributed by atoms with Crippen LogP contribution in [0.1, 0.15) is 11.3 Å². The molecule has 0 saturated heterocycles. The van der Waals surface area contributed by atoms with E-state index in [1.165, 1.54) is 6.07 Å². The maximum absolute atomic E-state index is 13.1. The zero-order valence-electron chi connectivity index (χ0n) is 7.08. The van der Waals surface area contributed by atoms with Crippen LogP contribution in [0.25, 0.3) is 5.52 Å². The number of hydrogen-bond acceptors (Lipinski definition) is 1. The SMILES string of the molecule is Cc1ccc2cc(F)c(C#N)n2c1. The van der Waals surface area contributed by atoms with E-state index in [0.29, 0.717) is 5.52 Å². The molecule has 0 amide bonds. The predicted octanol–water partition coefficient (Wildman–Crippen LogP) is 2.26. The number of halogens is 1. The van der Waals surface area contributed by atoms with Gasteiger partial charge in [-0.05, 0) is 18.6 Å². The van der Waals surface area contributed by atoms with E-state index in [9.17, 15) is 4.39 Å². The number of aromatic nitrogens is 1. The molecule has 2 aromatic heterocycles. The van der Waals surface area contributed by atoms with Gasteiger partial charge >= 0.3 is 0 Å². The monoisotopic (exact) mass is 174 g/mol. The minimum atomic E-state index is -0.465. The highest BCUT2D eigenvalue weighted by Gasteiger charge is 2.08. The van der Waals surface area contributed by atoms with Gasteiger partial charge in [-0.15, -0.1) is 0 Å². The van der Waals surface area contributed by atoms with Crippen molar-refractivity contribution >= 4 is 5.52 Å². The zero-order chi connectivity index (χ0) is 9.42. The zero-order valence-corrected chi connectivity index (χ0v) is 7.08. The Morgan fingerprint density at radius 3 is 2.92 bits per heavy atom. The van der Waals surface area contributed by atoms with Crippen LogP contribution < -0.4 is 0 Å². The maximum Gasteiger partial charge on any atom is 0.160 e. The van der Waals surface area contributed by atoms with Gasteiger partial charge < -0.3 is 4.40 Å². The fraction of sp³-hybridized carbons (Fsp3) is 0.100. The second-order valence-electron chi connectivity index (χ2n) is 2.95. The molecule has 0 N–H and O–H groups in total. The van der Waals surface area contributed by atoms with Crippen LogP contribution in [-0.4, -0.2) is 4.40 Å². The molecule has 0 atom stereocenters. The van der Waals surface area contributed by atoms with Gasteiger partial charge in [0.2, 0.25) is 0 Å². The van der Waals surface area contributed by atoms with Crippen molar-refractivity contribution in [3.05, 3.63) is 41.5 Å². The van der Waals surface area contributed by atoms with Crippen LogP contribution in [0.2, 0.25) is 0 Å². The third-order valence-electron chi connectivity index (χ3n) is 1.98. The molecule has 0 bridgehead atoms. The lowest BCUT2D eigenvalue weighted by Gasteiger charge is -1.96. The lowest BCUT2D eigenvalue weighted by molar-refractivity contribution is 0.623. The summed E-state index contributed by atoms with van der Waals surface area (Å²) in [6.07, 6.45) is 1.75. The molecule has 2 heterocycles. The van der Waals surface area contributed by atoms with E-state index in [1.54, 1.807) is 16.7 Å². The highest BCUT2D eigenvalue weighted by molar-refractivity contribution is 5.53. The highest BCUT2D eigenvalue weighted by atomic mass is 19.1. The van der Waals surface area contributed by atoms with Crippen LogP contribution in [-0.2, 0) is 0 Å². The van der Waals surface area contributed by atoms with E-state index in [0.717, 1.165) is 5.56 Å². The van der Waals surface area contributed by atoms with Gasteiger partial charge in [0.1, 0.15) is 6.07 Å². The van der Waals surface area contributed by atoms with Gasteiger partial charge in [-0.3, -0.25) is 0 Å². The molecule has 13 heavy (non-hydrogen) atoms. The maximum atomic E-state index is 13.1. The number of fused-ring (bicyclic) bond motifs is 1. The number of nitrogens with zero attached hydrogens (tertiary/aromatic N) is 2. The summed E-state index contributed by atoms with van der Waals surface area (Å²) in [5.41, 5.74) is 1.78. The number of hydrogen-bond donors (Lipinski definition) is 0. The summed E-state index contributed by atoms with van der Waals surface area (Å²) < 4.78 is 14.7. The second-order valence-corrected chi connectivity index (χ2v) is 2.95. The van der Waals surface area contributed by atoms with E-state index in [2.05, 4.69) is 0 Å². The molecule has 2 rings (SSSR count). The summed E-state index contributed by atoms with van der Waals surface area (Å²) in [5.74, 6) is -0.465. The molecule has 0 fully saturated rings. The van der Waals surface area contributed by atoms with Crippen LogP contribution in [0.4, 0.5) is 4.39 Å². The first-order valence-electron chi connectivity index (χ1n) is 3.89. The topological polar surface area (TPSA) is 28.2 Å². The predicted molar refractivity (Wildman–Crippen MR) is 46.8 cm³/mol. The van der Waals surface area contributed by atoms with Crippen LogP contribution >= 0.6 is 0 Å². The van der Waals surface area contributed by atoms with E-state index >= 15 is 0 Å². The Bertz CT molecular complexity index is 505. The van der Waals surface area contributed by atoms with Crippen molar-refractivity contribution in [2.75, 3.05) is 0 Å². The van der Waals surface area contributed by atoms with E-state index < -0.39 is 5.82 Å². The van der Waals surface area contributed by atoms with Crippen molar-refractivity contribution in [1.29, 1.82) is 5.26 Å². The smallest absolute Gasteiger partial charge is 0.160 e. The molecule has 3 heteroatoms. The average Bonchev–Trinajstić information content (AvgIpc) is 2.40. The van der Waals surface area contributed by atoms with E-state index in [4.69, 9.17) is 5.26 Å². The molecule has 0 spiro atoms. The van der Waals surface area contributed by atoms with E-state index in [-0.39, 0.29) is 5.69 Å². The summed E-state index contributed by atoms with van der Waals surface area (Å²) in [6, 6.07) is 6.87. The molecular formula is C10H7FN2.